The van der Waals surface area contributed by atoms with Crippen molar-refractivity contribution in [2.45, 2.75) is 18.9 Å². The van der Waals surface area contributed by atoms with E-state index in [0.717, 1.165) is 25.1 Å². The monoisotopic (exact) mass is 286 g/mol. The molecule has 5 heteroatoms. The van der Waals surface area contributed by atoms with Gasteiger partial charge in [0.15, 0.2) is 0 Å². The molecule has 1 saturated heterocycles. The second-order valence-corrected chi connectivity index (χ2v) is 5.41. The van der Waals surface area contributed by atoms with Crippen molar-refractivity contribution >= 4 is 29.1 Å². The highest BCUT2D eigenvalue weighted by Crippen LogP contribution is 2.22. The second kappa shape index (κ2) is 5.91. The Morgan fingerprint density at radius 3 is 2.94 bits per heavy atom. The molecule has 1 fully saturated rings. The van der Waals surface area contributed by atoms with Crippen LogP contribution >= 0.6 is 23.2 Å². The molecular formula is C13H16Cl2N2O. The van der Waals surface area contributed by atoms with Gasteiger partial charge in [-0.05, 0) is 36.7 Å². The molecule has 0 aliphatic carbocycles. The Hall–Kier alpha value is -0.770. The predicted molar refractivity (Wildman–Crippen MR) is 74.2 cm³/mol. The first-order valence-electron chi connectivity index (χ1n) is 5.98. The van der Waals surface area contributed by atoms with Crippen molar-refractivity contribution in [1.29, 1.82) is 0 Å². The largest absolute Gasteiger partial charge is 0.341 e. The van der Waals surface area contributed by atoms with Crippen molar-refractivity contribution < 1.29 is 4.79 Å². The van der Waals surface area contributed by atoms with E-state index >= 15 is 0 Å². The number of hydrogen-bond donors (Lipinski definition) is 1. The maximum Gasteiger partial charge on any atom is 0.227 e. The minimum Gasteiger partial charge on any atom is -0.341 e. The van der Waals surface area contributed by atoms with E-state index in [2.05, 4.69) is 5.32 Å². The summed E-state index contributed by atoms with van der Waals surface area (Å²) in [7, 11) is 1.85. The number of nitrogens with one attached hydrogen (secondary N) is 1. The molecular weight excluding hydrogens is 271 g/mol. The summed E-state index contributed by atoms with van der Waals surface area (Å²) in [5.74, 6) is 0.0767. The summed E-state index contributed by atoms with van der Waals surface area (Å²) >= 11 is 12.0. The number of carbonyl (C=O) groups excluding carboxylic acids is 1. The number of nitrogens with zero attached hydrogens (tertiary/aromatic N) is 1. The maximum absolute atomic E-state index is 12.2. The van der Waals surface area contributed by atoms with Crippen LogP contribution in [0.4, 0.5) is 0 Å². The highest BCUT2D eigenvalue weighted by atomic mass is 35.5. The molecule has 0 spiro atoms. The zero-order valence-electron chi connectivity index (χ0n) is 10.2. The van der Waals surface area contributed by atoms with Gasteiger partial charge in [-0.2, -0.15) is 0 Å². The number of carbonyl (C=O) groups is 1. The summed E-state index contributed by atoms with van der Waals surface area (Å²) in [6.07, 6.45) is 1.30. The van der Waals surface area contributed by atoms with Crippen molar-refractivity contribution in [2.24, 2.45) is 0 Å². The van der Waals surface area contributed by atoms with Crippen molar-refractivity contribution in [1.82, 2.24) is 10.2 Å². The third-order valence-electron chi connectivity index (χ3n) is 3.32. The van der Waals surface area contributed by atoms with Gasteiger partial charge in [0, 0.05) is 29.7 Å². The summed E-state index contributed by atoms with van der Waals surface area (Å²) in [4.78, 5) is 14.0. The molecule has 1 atom stereocenters. The van der Waals surface area contributed by atoms with Crippen LogP contribution < -0.4 is 5.32 Å². The van der Waals surface area contributed by atoms with Crippen LogP contribution in [-0.2, 0) is 11.2 Å². The van der Waals surface area contributed by atoms with E-state index in [1.54, 1.807) is 23.1 Å². The van der Waals surface area contributed by atoms with Gasteiger partial charge in [0.2, 0.25) is 5.91 Å². The number of likely N-dealkylation sites (N-methyl/N-ethyl adjacent to an activating group) is 1. The first-order chi connectivity index (χ1) is 8.58. The Morgan fingerprint density at radius 2 is 2.28 bits per heavy atom. The Kier molecular flexibility index (Phi) is 4.49. The molecule has 0 bridgehead atoms. The fourth-order valence-electron chi connectivity index (χ4n) is 2.14. The van der Waals surface area contributed by atoms with Crippen molar-refractivity contribution in [2.75, 3.05) is 20.1 Å². The molecule has 0 saturated carbocycles. The van der Waals surface area contributed by atoms with Crippen LogP contribution in [0.1, 0.15) is 12.0 Å². The standard InChI is InChI=1S/C13H16Cl2N2O/c1-17(11-4-5-16-8-11)13(18)7-9-6-10(14)2-3-12(9)15/h2-3,6,11,16H,4-5,7-8H2,1H3. The Bertz CT molecular complexity index is 445. The summed E-state index contributed by atoms with van der Waals surface area (Å²) in [6, 6.07) is 5.49. The SMILES string of the molecule is CN(C(=O)Cc1cc(Cl)ccc1Cl)C1CCNC1. The van der Waals surface area contributed by atoms with Gasteiger partial charge < -0.3 is 10.2 Å². The number of amides is 1. The van der Waals surface area contributed by atoms with Gasteiger partial charge in [-0.1, -0.05) is 23.2 Å². The van der Waals surface area contributed by atoms with E-state index in [1.165, 1.54) is 0 Å². The lowest BCUT2D eigenvalue weighted by Crippen LogP contribution is -2.39. The highest BCUT2D eigenvalue weighted by molar-refractivity contribution is 6.33. The summed E-state index contributed by atoms with van der Waals surface area (Å²) in [6.45, 7) is 1.84. The summed E-state index contributed by atoms with van der Waals surface area (Å²) in [5, 5.41) is 4.44. The summed E-state index contributed by atoms with van der Waals surface area (Å²) < 4.78 is 0. The fourth-order valence-corrected chi connectivity index (χ4v) is 2.52. The van der Waals surface area contributed by atoms with E-state index in [1.807, 2.05) is 7.05 Å². The molecule has 98 valence electrons. The number of rotatable bonds is 3. The molecule has 3 nitrogen and oxygen atoms in total. The van der Waals surface area contributed by atoms with E-state index < -0.39 is 0 Å². The van der Waals surface area contributed by atoms with Gasteiger partial charge in [0.05, 0.1) is 6.42 Å². The van der Waals surface area contributed by atoms with E-state index in [4.69, 9.17) is 23.2 Å². The number of benzene rings is 1. The molecule has 1 aromatic rings. The predicted octanol–water partition coefficient (Wildman–Crippen LogP) is 2.36. The van der Waals surface area contributed by atoms with Crippen LogP contribution in [-0.4, -0.2) is 37.0 Å². The molecule has 1 heterocycles. The third kappa shape index (κ3) is 3.16. The topological polar surface area (TPSA) is 32.3 Å². The minimum atomic E-state index is 0.0767. The lowest BCUT2D eigenvalue weighted by molar-refractivity contribution is -0.130. The number of halogens is 2. The van der Waals surface area contributed by atoms with E-state index in [9.17, 15) is 4.79 Å². The van der Waals surface area contributed by atoms with Crippen LogP contribution in [0.5, 0.6) is 0 Å². The van der Waals surface area contributed by atoms with Crippen molar-refractivity contribution in [3.63, 3.8) is 0 Å². The molecule has 18 heavy (non-hydrogen) atoms. The zero-order chi connectivity index (χ0) is 13.1. The van der Waals surface area contributed by atoms with Crippen LogP contribution in [0.2, 0.25) is 10.0 Å². The molecule has 1 aliphatic heterocycles. The lowest BCUT2D eigenvalue weighted by Gasteiger charge is -2.24. The van der Waals surface area contributed by atoms with Crippen molar-refractivity contribution in [3.8, 4) is 0 Å². The Balaban J connectivity index is 2.03. The molecule has 0 aromatic heterocycles. The molecule has 1 unspecified atom stereocenters. The molecule has 1 N–H and O–H groups in total. The van der Waals surface area contributed by atoms with Crippen LogP contribution in [0, 0.1) is 0 Å². The normalized spacial score (nSPS) is 18.9. The van der Waals surface area contributed by atoms with Gasteiger partial charge >= 0.3 is 0 Å². The average Bonchev–Trinajstić information content (AvgIpc) is 2.86. The molecule has 0 radical (unpaired) electrons. The van der Waals surface area contributed by atoms with Gasteiger partial charge in [-0.3, -0.25) is 4.79 Å². The minimum absolute atomic E-state index is 0.0767. The molecule has 1 aromatic carbocycles. The van der Waals surface area contributed by atoms with Crippen LogP contribution in [0.15, 0.2) is 18.2 Å². The lowest BCUT2D eigenvalue weighted by atomic mass is 10.1. The maximum atomic E-state index is 12.2. The third-order valence-corrected chi connectivity index (χ3v) is 3.93. The zero-order valence-corrected chi connectivity index (χ0v) is 11.8. The first-order valence-corrected chi connectivity index (χ1v) is 6.74. The molecule has 2 rings (SSSR count). The molecule has 1 amide bonds. The van der Waals surface area contributed by atoms with Crippen LogP contribution in [0.3, 0.4) is 0 Å². The first kappa shape index (κ1) is 13.7. The second-order valence-electron chi connectivity index (χ2n) is 4.56. The average molecular weight is 287 g/mol. The number of hydrogen-bond acceptors (Lipinski definition) is 2. The Morgan fingerprint density at radius 1 is 1.50 bits per heavy atom. The van der Waals surface area contributed by atoms with Gasteiger partial charge in [-0.15, -0.1) is 0 Å². The van der Waals surface area contributed by atoms with E-state index in [0.29, 0.717) is 16.5 Å². The van der Waals surface area contributed by atoms with Gasteiger partial charge in [0.1, 0.15) is 0 Å². The van der Waals surface area contributed by atoms with Gasteiger partial charge in [0.25, 0.3) is 0 Å². The van der Waals surface area contributed by atoms with E-state index in [-0.39, 0.29) is 11.9 Å². The fraction of sp³-hybridized carbons (Fsp3) is 0.462. The quantitative estimate of drug-likeness (QED) is 0.925. The Labute approximate surface area is 117 Å². The van der Waals surface area contributed by atoms with Crippen LogP contribution in [0.25, 0.3) is 0 Å². The highest BCUT2D eigenvalue weighted by Gasteiger charge is 2.23. The summed E-state index contributed by atoms with van der Waals surface area (Å²) in [5.41, 5.74) is 0.784. The van der Waals surface area contributed by atoms with Gasteiger partial charge in [-0.25, -0.2) is 0 Å². The molecule has 1 aliphatic rings. The smallest absolute Gasteiger partial charge is 0.227 e. The van der Waals surface area contributed by atoms with Crippen molar-refractivity contribution in [3.05, 3.63) is 33.8 Å².